The van der Waals surface area contributed by atoms with E-state index in [4.69, 9.17) is 11.6 Å². The number of halogens is 1. The maximum Gasteiger partial charge on any atom is 0.305 e. The molecule has 2 rings (SSSR count). The fraction of sp³-hybridized carbons (Fsp3) is 0.800. The van der Waals surface area contributed by atoms with Gasteiger partial charge in [-0.3, -0.25) is 4.79 Å². The first-order valence-electron chi connectivity index (χ1n) is 11.7. The Bertz CT molecular complexity index is 582. The molecule has 2 saturated carbocycles. The third-order valence-corrected chi connectivity index (χ3v) is 7.51. The molecule has 4 nitrogen and oxygen atoms in total. The van der Waals surface area contributed by atoms with Crippen LogP contribution in [0.1, 0.15) is 78.1 Å². The third-order valence-electron chi connectivity index (χ3n) is 7.01. The van der Waals surface area contributed by atoms with Crippen LogP contribution in [0.3, 0.4) is 0 Å². The van der Waals surface area contributed by atoms with Crippen LogP contribution in [0.15, 0.2) is 24.3 Å². The summed E-state index contributed by atoms with van der Waals surface area (Å²) in [5.74, 6) is 0.649. The molecule has 5 heteroatoms. The molecule has 0 aromatic carbocycles. The number of carbonyl (C=O) groups is 1. The fourth-order valence-electron chi connectivity index (χ4n) is 5.23. The molecule has 2 N–H and O–H groups in total. The molecule has 0 aromatic rings. The Balaban J connectivity index is 1.84. The van der Waals surface area contributed by atoms with Crippen molar-refractivity contribution in [3.8, 4) is 0 Å². The van der Waals surface area contributed by atoms with Gasteiger partial charge in [0.05, 0.1) is 19.3 Å². The third kappa shape index (κ3) is 7.10. The van der Waals surface area contributed by atoms with E-state index in [2.05, 4.69) is 42.9 Å². The monoisotopic (exact) mass is 440 g/mol. The first kappa shape index (κ1) is 25.4. The van der Waals surface area contributed by atoms with Gasteiger partial charge >= 0.3 is 5.97 Å². The van der Waals surface area contributed by atoms with Crippen molar-refractivity contribution >= 4 is 17.6 Å². The summed E-state index contributed by atoms with van der Waals surface area (Å²) in [5, 5.41) is 21.3. The van der Waals surface area contributed by atoms with Crippen molar-refractivity contribution in [2.75, 3.05) is 7.11 Å². The number of aliphatic hydroxyl groups excluding tert-OH is 2. The Morgan fingerprint density at radius 1 is 1.27 bits per heavy atom. The van der Waals surface area contributed by atoms with E-state index in [0.717, 1.165) is 38.5 Å². The lowest BCUT2D eigenvalue weighted by atomic mass is 9.60. The second-order valence-electron chi connectivity index (χ2n) is 9.73. The summed E-state index contributed by atoms with van der Waals surface area (Å²) < 4.78 is 4.65. The summed E-state index contributed by atoms with van der Waals surface area (Å²) >= 11 is 6.53. The van der Waals surface area contributed by atoms with Gasteiger partial charge in [-0.1, -0.05) is 44.6 Å². The number of rotatable bonds is 12. The first-order valence-corrected chi connectivity index (χ1v) is 12.1. The maximum atomic E-state index is 11.1. The first-order chi connectivity index (χ1) is 14.3. The minimum absolute atomic E-state index is 0.0295. The summed E-state index contributed by atoms with van der Waals surface area (Å²) in [7, 11) is 1.41. The lowest BCUT2D eigenvalue weighted by molar-refractivity contribution is -0.140. The Labute approximate surface area is 187 Å². The molecule has 0 aromatic heterocycles. The summed E-state index contributed by atoms with van der Waals surface area (Å²) in [4.78, 5) is 11.1. The van der Waals surface area contributed by atoms with Gasteiger partial charge in [-0.25, -0.2) is 0 Å². The summed E-state index contributed by atoms with van der Waals surface area (Å²) in [6.07, 6.45) is 16.3. The van der Waals surface area contributed by atoms with Gasteiger partial charge < -0.3 is 14.9 Å². The smallest absolute Gasteiger partial charge is 0.305 e. The summed E-state index contributed by atoms with van der Waals surface area (Å²) in [6.45, 7) is 4.46. The van der Waals surface area contributed by atoms with Crippen LogP contribution in [0.25, 0.3) is 0 Å². The van der Waals surface area contributed by atoms with Crippen LogP contribution in [0, 0.1) is 23.2 Å². The minimum Gasteiger partial charge on any atom is -0.469 e. The van der Waals surface area contributed by atoms with Crippen LogP contribution in [0.5, 0.6) is 0 Å². The molecule has 0 heterocycles. The topological polar surface area (TPSA) is 66.8 Å². The molecular weight excluding hydrogens is 400 g/mol. The summed E-state index contributed by atoms with van der Waals surface area (Å²) in [6, 6.07) is 0. The van der Waals surface area contributed by atoms with Gasteiger partial charge in [0, 0.05) is 17.7 Å². The van der Waals surface area contributed by atoms with E-state index >= 15 is 0 Å². The van der Waals surface area contributed by atoms with Crippen LogP contribution >= 0.6 is 11.6 Å². The molecule has 0 spiro atoms. The van der Waals surface area contributed by atoms with E-state index in [0.29, 0.717) is 25.2 Å². The van der Waals surface area contributed by atoms with E-state index in [9.17, 15) is 15.0 Å². The number of ether oxygens (including phenoxy) is 1. The van der Waals surface area contributed by atoms with Crippen LogP contribution < -0.4 is 0 Å². The number of hydrogen-bond donors (Lipinski definition) is 2. The van der Waals surface area contributed by atoms with E-state index < -0.39 is 6.10 Å². The molecular formula is C25H41ClO4. The number of allylic oxidation sites excluding steroid dienone is 2. The number of carbonyl (C=O) groups excluding carboxylic acids is 1. The number of methoxy groups -OCH3 is 1. The molecule has 2 fully saturated rings. The second-order valence-corrected chi connectivity index (χ2v) is 10.3. The van der Waals surface area contributed by atoms with E-state index in [1.54, 1.807) is 0 Å². The number of esters is 1. The molecule has 2 aliphatic rings. The molecule has 0 saturated heterocycles. The normalized spacial score (nSPS) is 29.6. The van der Waals surface area contributed by atoms with E-state index in [-0.39, 0.29) is 34.7 Å². The highest BCUT2D eigenvalue weighted by Gasteiger charge is 2.43. The largest absolute Gasteiger partial charge is 0.469 e. The van der Waals surface area contributed by atoms with Crippen molar-refractivity contribution in [3.05, 3.63) is 24.3 Å². The highest BCUT2D eigenvalue weighted by Crippen LogP contribution is 2.49. The quantitative estimate of drug-likeness (QED) is 0.184. The van der Waals surface area contributed by atoms with Gasteiger partial charge in [0.2, 0.25) is 0 Å². The van der Waals surface area contributed by atoms with Crippen molar-refractivity contribution in [1.82, 2.24) is 0 Å². The molecule has 0 radical (unpaired) electrons. The Kier molecular flexibility index (Phi) is 10.4. The van der Waals surface area contributed by atoms with Crippen LogP contribution in [0.4, 0.5) is 0 Å². The number of unbranched alkanes of at least 4 members (excludes halogenated alkanes) is 1. The zero-order chi connectivity index (χ0) is 22.1. The molecule has 0 bridgehead atoms. The predicted octanol–water partition coefficient (Wildman–Crippen LogP) is 5.40. The standard InChI is InChI=1S/C25H41ClO4/c1-18(2)17-25(14-9-15-25)23(28)12-8-11-20-19(21(26)16-22(20)27)10-6-4-5-7-13-24(29)30-3/h4,6,8,11,18-23,27-28H,5,7,9-10,12-17H2,1-3H3/t19-,20-,21-,22-,23?/m1/s1. The Morgan fingerprint density at radius 3 is 2.60 bits per heavy atom. The van der Waals surface area contributed by atoms with Gasteiger partial charge in [0.1, 0.15) is 0 Å². The fourth-order valence-corrected chi connectivity index (χ4v) is 5.69. The Morgan fingerprint density at radius 2 is 2.00 bits per heavy atom. The highest BCUT2D eigenvalue weighted by atomic mass is 35.5. The molecule has 2 aliphatic carbocycles. The van der Waals surface area contributed by atoms with Gasteiger partial charge in [-0.05, 0) is 68.6 Å². The van der Waals surface area contributed by atoms with Gasteiger partial charge in [0.15, 0.2) is 0 Å². The van der Waals surface area contributed by atoms with Crippen molar-refractivity contribution in [2.24, 2.45) is 23.2 Å². The Hall–Kier alpha value is -0.840. The lowest BCUT2D eigenvalue weighted by Gasteiger charge is -2.46. The lowest BCUT2D eigenvalue weighted by Crippen LogP contribution is -2.42. The maximum absolute atomic E-state index is 11.1. The van der Waals surface area contributed by atoms with Crippen LogP contribution in [-0.2, 0) is 9.53 Å². The van der Waals surface area contributed by atoms with Crippen molar-refractivity contribution in [1.29, 1.82) is 0 Å². The average molecular weight is 441 g/mol. The molecule has 30 heavy (non-hydrogen) atoms. The molecule has 1 unspecified atom stereocenters. The predicted molar refractivity (Wildman–Crippen MR) is 122 cm³/mol. The van der Waals surface area contributed by atoms with Crippen molar-refractivity contribution in [2.45, 2.75) is 95.6 Å². The molecule has 5 atom stereocenters. The number of alkyl halides is 1. The van der Waals surface area contributed by atoms with E-state index in [1.165, 1.54) is 13.5 Å². The van der Waals surface area contributed by atoms with Crippen molar-refractivity contribution in [3.63, 3.8) is 0 Å². The molecule has 0 aliphatic heterocycles. The number of aliphatic hydroxyl groups is 2. The molecule has 0 amide bonds. The number of hydrogen-bond acceptors (Lipinski definition) is 4. The second kappa shape index (κ2) is 12.3. The average Bonchev–Trinajstić information content (AvgIpc) is 2.93. The summed E-state index contributed by atoms with van der Waals surface area (Å²) in [5.41, 5.74) is 0.0914. The van der Waals surface area contributed by atoms with Crippen molar-refractivity contribution < 1.29 is 19.7 Å². The van der Waals surface area contributed by atoms with Crippen LogP contribution in [0.2, 0.25) is 0 Å². The zero-order valence-electron chi connectivity index (χ0n) is 18.9. The van der Waals surface area contributed by atoms with Gasteiger partial charge in [0.25, 0.3) is 0 Å². The highest BCUT2D eigenvalue weighted by molar-refractivity contribution is 6.21. The SMILES string of the molecule is COC(=O)CCCC=CC[C@@H]1[C@@H](C=CCC(O)C2(CC(C)C)CCC2)[C@H](O)C[C@H]1Cl. The van der Waals surface area contributed by atoms with Gasteiger partial charge in [-0.15, -0.1) is 11.6 Å². The zero-order valence-corrected chi connectivity index (χ0v) is 19.7. The molecule has 172 valence electrons. The van der Waals surface area contributed by atoms with Crippen LogP contribution in [-0.4, -0.2) is 40.9 Å². The van der Waals surface area contributed by atoms with Gasteiger partial charge in [-0.2, -0.15) is 0 Å². The minimum atomic E-state index is -0.424. The van der Waals surface area contributed by atoms with E-state index in [1.807, 2.05) is 0 Å².